The van der Waals surface area contributed by atoms with Gasteiger partial charge in [0.25, 0.3) is 5.91 Å². The molecule has 6 heteroatoms. The number of hydrogen-bond donors (Lipinski definition) is 1. The lowest BCUT2D eigenvalue weighted by atomic mass is 10.2. The van der Waals surface area contributed by atoms with E-state index < -0.39 is 0 Å². The zero-order chi connectivity index (χ0) is 15.4. The minimum atomic E-state index is 0.105. The van der Waals surface area contributed by atoms with E-state index in [1.165, 1.54) is 11.3 Å². The lowest BCUT2D eigenvalue weighted by molar-refractivity contribution is 0.0697. The summed E-state index contributed by atoms with van der Waals surface area (Å²) >= 11 is 1.46. The van der Waals surface area contributed by atoms with Gasteiger partial charge in [-0.25, -0.2) is 4.98 Å². The summed E-state index contributed by atoms with van der Waals surface area (Å²) in [7, 11) is 0. The van der Waals surface area contributed by atoms with Crippen LogP contribution in [-0.2, 0) is 0 Å². The summed E-state index contributed by atoms with van der Waals surface area (Å²) in [5, 5.41) is 4.20. The largest absolute Gasteiger partial charge is 0.334 e. The number of amides is 1. The van der Waals surface area contributed by atoms with E-state index in [1.54, 1.807) is 18.6 Å². The smallest absolute Gasteiger partial charge is 0.265 e. The third-order valence-electron chi connectivity index (χ3n) is 3.84. The number of carbonyl (C=O) groups is 1. The van der Waals surface area contributed by atoms with Crippen LogP contribution in [0.5, 0.6) is 0 Å². The molecule has 3 heterocycles. The average molecular weight is 316 g/mol. The maximum absolute atomic E-state index is 12.8. The van der Waals surface area contributed by atoms with E-state index in [2.05, 4.69) is 22.2 Å². The lowest BCUT2D eigenvalue weighted by Crippen LogP contribution is -2.41. The minimum absolute atomic E-state index is 0.105. The van der Waals surface area contributed by atoms with Crippen molar-refractivity contribution >= 4 is 17.2 Å². The maximum atomic E-state index is 12.8. The molecule has 0 radical (unpaired) electrons. The number of pyridine rings is 1. The molecule has 1 fully saturated rings. The van der Waals surface area contributed by atoms with Gasteiger partial charge in [-0.2, -0.15) is 0 Å². The van der Waals surface area contributed by atoms with Gasteiger partial charge < -0.3 is 10.2 Å². The second-order valence-corrected chi connectivity index (χ2v) is 6.44. The third kappa shape index (κ3) is 3.18. The van der Waals surface area contributed by atoms with Gasteiger partial charge >= 0.3 is 0 Å². The molecule has 1 saturated heterocycles. The molecule has 0 aliphatic carbocycles. The first kappa shape index (κ1) is 15.1. The van der Waals surface area contributed by atoms with Crippen molar-refractivity contribution in [3.05, 3.63) is 35.6 Å². The normalized spacial score (nSPS) is 17.6. The Labute approximate surface area is 134 Å². The molecule has 1 N–H and O–H groups in total. The van der Waals surface area contributed by atoms with Crippen molar-refractivity contribution in [1.29, 1.82) is 0 Å². The summed E-state index contributed by atoms with van der Waals surface area (Å²) in [5.41, 5.74) is 1.00. The first-order valence-corrected chi connectivity index (χ1v) is 8.49. The highest BCUT2D eigenvalue weighted by Crippen LogP contribution is 2.26. The van der Waals surface area contributed by atoms with E-state index in [4.69, 9.17) is 0 Å². The molecule has 0 aromatic carbocycles. The number of aromatic nitrogens is 2. The van der Waals surface area contributed by atoms with Crippen LogP contribution in [0.15, 0.2) is 30.7 Å². The van der Waals surface area contributed by atoms with Gasteiger partial charge in [-0.15, -0.1) is 11.3 Å². The van der Waals surface area contributed by atoms with Crippen molar-refractivity contribution in [3.63, 3.8) is 0 Å². The van der Waals surface area contributed by atoms with Gasteiger partial charge in [-0.05, 0) is 31.5 Å². The Morgan fingerprint density at radius 3 is 2.95 bits per heavy atom. The monoisotopic (exact) mass is 316 g/mol. The summed E-state index contributed by atoms with van der Waals surface area (Å²) in [6.45, 7) is 4.79. The van der Waals surface area contributed by atoms with Gasteiger partial charge in [0, 0.05) is 37.1 Å². The summed E-state index contributed by atoms with van der Waals surface area (Å²) in [4.78, 5) is 24.0. The van der Waals surface area contributed by atoms with Gasteiger partial charge in [-0.1, -0.05) is 6.92 Å². The van der Waals surface area contributed by atoms with Crippen molar-refractivity contribution < 1.29 is 4.79 Å². The van der Waals surface area contributed by atoms with Gasteiger partial charge in [0.05, 0.1) is 6.20 Å². The first-order valence-electron chi connectivity index (χ1n) is 7.67. The number of hydrogen-bond acceptors (Lipinski definition) is 5. The van der Waals surface area contributed by atoms with Crippen LogP contribution in [0, 0.1) is 0 Å². The van der Waals surface area contributed by atoms with Crippen molar-refractivity contribution in [1.82, 2.24) is 20.2 Å². The molecule has 1 atom stereocenters. The van der Waals surface area contributed by atoms with Crippen LogP contribution in [0.4, 0.5) is 0 Å². The zero-order valence-corrected chi connectivity index (χ0v) is 13.5. The fraction of sp³-hybridized carbons (Fsp3) is 0.438. The second-order valence-electron chi connectivity index (χ2n) is 5.41. The predicted molar refractivity (Wildman–Crippen MR) is 87.9 cm³/mol. The second kappa shape index (κ2) is 6.98. The standard InChI is InChI=1S/C16H20N4OS/c1-2-9-20(13-5-8-18-10-13)16(21)14-11-19-15(22-14)12-3-6-17-7-4-12/h3-4,6-7,11,13,18H,2,5,8-10H2,1H3. The first-order chi connectivity index (χ1) is 10.8. The Morgan fingerprint density at radius 2 is 2.27 bits per heavy atom. The molecule has 1 unspecified atom stereocenters. The van der Waals surface area contributed by atoms with Crippen LogP contribution in [0.3, 0.4) is 0 Å². The van der Waals surface area contributed by atoms with E-state index >= 15 is 0 Å². The Balaban J connectivity index is 1.80. The molecule has 1 aliphatic heterocycles. The summed E-state index contributed by atoms with van der Waals surface area (Å²) in [5.74, 6) is 0.105. The van der Waals surface area contributed by atoms with E-state index in [1.807, 2.05) is 17.0 Å². The van der Waals surface area contributed by atoms with Crippen LogP contribution in [0.25, 0.3) is 10.6 Å². The lowest BCUT2D eigenvalue weighted by Gasteiger charge is -2.27. The minimum Gasteiger partial charge on any atom is -0.334 e. The Bertz CT molecular complexity index is 622. The van der Waals surface area contributed by atoms with Crippen LogP contribution in [0.1, 0.15) is 29.4 Å². The molecular weight excluding hydrogens is 296 g/mol. The van der Waals surface area contributed by atoms with Gasteiger partial charge in [0.15, 0.2) is 0 Å². The van der Waals surface area contributed by atoms with E-state index in [-0.39, 0.29) is 5.91 Å². The van der Waals surface area contributed by atoms with Crippen LogP contribution < -0.4 is 5.32 Å². The number of nitrogens with zero attached hydrogens (tertiary/aromatic N) is 3. The van der Waals surface area contributed by atoms with Crippen molar-refractivity contribution in [3.8, 4) is 10.6 Å². The summed E-state index contributed by atoms with van der Waals surface area (Å²) in [6.07, 6.45) is 7.19. The highest BCUT2D eigenvalue weighted by molar-refractivity contribution is 7.16. The molecule has 1 amide bonds. The van der Waals surface area contributed by atoms with E-state index in [0.717, 1.165) is 43.0 Å². The van der Waals surface area contributed by atoms with Gasteiger partial charge in [0.2, 0.25) is 0 Å². The molecule has 2 aromatic heterocycles. The average Bonchev–Trinajstić information content (AvgIpc) is 3.24. The van der Waals surface area contributed by atoms with Crippen molar-refractivity contribution in [2.45, 2.75) is 25.8 Å². The fourth-order valence-electron chi connectivity index (χ4n) is 2.74. The Morgan fingerprint density at radius 1 is 1.45 bits per heavy atom. The summed E-state index contributed by atoms with van der Waals surface area (Å²) < 4.78 is 0. The molecular formula is C16H20N4OS. The SMILES string of the molecule is CCCN(C(=O)c1cnc(-c2ccncc2)s1)C1CCNC1. The Hall–Kier alpha value is -1.79. The number of thiazole rings is 1. The fourth-order valence-corrected chi connectivity index (χ4v) is 3.62. The molecule has 1 aliphatic rings. The van der Waals surface area contributed by atoms with Crippen LogP contribution >= 0.6 is 11.3 Å². The molecule has 2 aromatic rings. The van der Waals surface area contributed by atoms with Gasteiger partial charge in [-0.3, -0.25) is 9.78 Å². The Kier molecular flexibility index (Phi) is 4.80. The zero-order valence-electron chi connectivity index (χ0n) is 12.7. The number of nitrogens with one attached hydrogen (secondary N) is 1. The van der Waals surface area contributed by atoms with Crippen molar-refractivity contribution in [2.24, 2.45) is 0 Å². The van der Waals surface area contributed by atoms with Crippen molar-refractivity contribution in [2.75, 3.05) is 19.6 Å². The highest BCUT2D eigenvalue weighted by atomic mass is 32.1. The van der Waals surface area contributed by atoms with Gasteiger partial charge in [0.1, 0.15) is 9.88 Å². The highest BCUT2D eigenvalue weighted by Gasteiger charge is 2.27. The molecule has 0 spiro atoms. The number of rotatable bonds is 5. The van der Waals surface area contributed by atoms with E-state index in [9.17, 15) is 4.79 Å². The quantitative estimate of drug-likeness (QED) is 0.920. The topological polar surface area (TPSA) is 58.1 Å². The molecule has 5 nitrogen and oxygen atoms in total. The molecule has 0 saturated carbocycles. The van der Waals surface area contributed by atoms with E-state index in [0.29, 0.717) is 10.9 Å². The molecule has 0 bridgehead atoms. The predicted octanol–water partition coefficient (Wildman–Crippen LogP) is 2.42. The van der Waals surface area contributed by atoms with Crippen LogP contribution in [0.2, 0.25) is 0 Å². The van der Waals surface area contributed by atoms with Crippen LogP contribution in [-0.4, -0.2) is 46.5 Å². The number of carbonyl (C=O) groups excluding carboxylic acids is 1. The molecule has 116 valence electrons. The summed E-state index contributed by atoms with van der Waals surface area (Å²) in [6, 6.07) is 4.13. The maximum Gasteiger partial charge on any atom is 0.265 e. The molecule has 3 rings (SSSR count). The molecule has 22 heavy (non-hydrogen) atoms. The third-order valence-corrected chi connectivity index (χ3v) is 4.88.